The van der Waals surface area contributed by atoms with Crippen LogP contribution in [-0.4, -0.2) is 72.8 Å². The van der Waals surface area contributed by atoms with Gasteiger partial charge in [0.2, 0.25) is 5.91 Å². The summed E-state index contributed by atoms with van der Waals surface area (Å²) in [5.74, 6) is -0.655. The number of imide groups is 1. The Kier molecular flexibility index (Phi) is 4.54. The molecule has 1 aromatic carbocycles. The molecule has 8 heteroatoms. The second-order valence-corrected chi connectivity index (χ2v) is 6.04. The number of carbonyl (C=O) groups excluding carboxylic acids is 4. The number of nitrogens with zero attached hydrogens (tertiary/aromatic N) is 3. The van der Waals surface area contributed by atoms with Crippen molar-refractivity contribution < 1.29 is 23.9 Å². The summed E-state index contributed by atoms with van der Waals surface area (Å²) in [6.07, 6.45) is 0. The first kappa shape index (κ1) is 17.1. The lowest BCUT2D eigenvalue weighted by molar-refractivity contribution is -0.138. The molecule has 0 radical (unpaired) electrons. The summed E-state index contributed by atoms with van der Waals surface area (Å²) in [4.78, 5) is 52.8. The van der Waals surface area contributed by atoms with Crippen LogP contribution in [0.4, 0.5) is 10.5 Å². The number of fused-ring (bicyclic) bond motifs is 1. The second-order valence-electron chi connectivity index (χ2n) is 6.04. The summed E-state index contributed by atoms with van der Waals surface area (Å²) in [6, 6.07) is 5.25. The molecule has 0 aliphatic carbocycles. The van der Waals surface area contributed by atoms with Gasteiger partial charge in [-0.2, -0.15) is 0 Å². The number of hydrogen-bond donors (Lipinski definition) is 0. The molecule has 0 unspecified atom stereocenters. The molecule has 4 amide bonds. The summed E-state index contributed by atoms with van der Waals surface area (Å²) < 4.78 is 4.84. The van der Waals surface area contributed by atoms with E-state index in [2.05, 4.69) is 0 Å². The Morgan fingerprint density at radius 3 is 2.44 bits per heavy atom. The van der Waals surface area contributed by atoms with E-state index in [9.17, 15) is 19.2 Å². The molecule has 0 saturated carbocycles. The number of Topliss-reactive ketones (excluding diaryl/α,β-unsaturated/α-hetero) is 1. The molecule has 3 rings (SSSR count). The fourth-order valence-electron chi connectivity index (χ4n) is 3.12. The van der Waals surface area contributed by atoms with Crippen LogP contribution in [0.5, 0.6) is 0 Å². The quantitative estimate of drug-likeness (QED) is 0.586. The van der Waals surface area contributed by atoms with E-state index in [0.29, 0.717) is 24.3 Å². The number of benzene rings is 1. The molecule has 0 bridgehead atoms. The van der Waals surface area contributed by atoms with Crippen molar-refractivity contribution in [2.24, 2.45) is 0 Å². The molecule has 0 spiro atoms. The monoisotopic (exact) mass is 345 g/mol. The highest BCUT2D eigenvalue weighted by Gasteiger charge is 2.48. The van der Waals surface area contributed by atoms with Gasteiger partial charge in [0, 0.05) is 25.8 Å². The Morgan fingerprint density at radius 2 is 1.84 bits per heavy atom. The van der Waals surface area contributed by atoms with Gasteiger partial charge in [-0.1, -0.05) is 0 Å². The van der Waals surface area contributed by atoms with Crippen molar-refractivity contribution in [3.8, 4) is 0 Å². The predicted molar refractivity (Wildman–Crippen MR) is 88.3 cm³/mol. The van der Waals surface area contributed by atoms with Gasteiger partial charge in [-0.25, -0.2) is 9.69 Å². The first-order valence-corrected chi connectivity index (χ1v) is 7.96. The van der Waals surface area contributed by atoms with Crippen molar-refractivity contribution in [3.63, 3.8) is 0 Å². The van der Waals surface area contributed by atoms with Gasteiger partial charge < -0.3 is 14.5 Å². The number of hydrogen-bond acceptors (Lipinski definition) is 5. The molecule has 2 aliphatic heterocycles. The summed E-state index contributed by atoms with van der Waals surface area (Å²) in [5.41, 5.74) is 0.932. The number of methoxy groups -OCH3 is 1. The van der Waals surface area contributed by atoms with Gasteiger partial charge in [-0.3, -0.25) is 14.4 Å². The maximum absolute atomic E-state index is 12.7. The molecule has 8 nitrogen and oxygen atoms in total. The number of ketones is 1. The predicted octanol–water partition coefficient (Wildman–Crippen LogP) is 0.515. The molecule has 132 valence electrons. The van der Waals surface area contributed by atoms with Crippen LogP contribution in [0.2, 0.25) is 0 Å². The highest BCUT2D eigenvalue weighted by Crippen LogP contribution is 2.28. The standard InChI is InChI=1S/C17H19N3O5/c1-11(21)12-3-5-13(6-4-12)20-16(23)14-9-18(15(22)10-25-2)7-8-19(14)17(20)24/h3-6,14H,7-10H2,1-2H3/t14-/m0/s1. The molecule has 1 atom stereocenters. The highest BCUT2D eigenvalue weighted by atomic mass is 16.5. The van der Waals surface area contributed by atoms with Gasteiger partial charge in [0.05, 0.1) is 12.2 Å². The van der Waals surface area contributed by atoms with Crippen molar-refractivity contribution in [1.29, 1.82) is 0 Å². The highest BCUT2D eigenvalue weighted by molar-refractivity contribution is 6.21. The van der Waals surface area contributed by atoms with Crippen molar-refractivity contribution in [1.82, 2.24) is 9.80 Å². The van der Waals surface area contributed by atoms with Crippen LogP contribution in [0.15, 0.2) is 24.3 Å². The molecule has 1 aromatic rings. The molecule has 0 aromatic heterocycles. The molecule has 2 fully saturated rings. The number of piperazine rings is 1. The lowest BCUT2D eigenvalue weighted by atomic mass is 10.1. The first-order chi connectivity index (χ1) is 11.9. The number of rotatable bonds is 4. The third-order valence-electron chi connectivity index (χ3n) is 4.48. The third-order valence-corrected chi connectivity index (χ3v) is 4.48. The molecule has 0 N–H and O–H groups in total. The van der Waals surface area contributed by atoms with E-state index in [4.69, 9.17) is 4.74 Å². The lowest BCUT2D eigenvalue weighted by Gasteiger charge is -2.35. The number of amides is 4. The fourth-order valence-corrected chi connectivity index (χ4v) is 3.12. The smallest absolute Gasteiger partial charge is 0.332 e. The Hall–Kier alpha value is -2.74. The average Bonchev–Trinajstić information content (AvgIpc) is 2.86. The minimum Gasteiger partial charge on any atom is -0.375 e. The van der Waals surface area contributed by atoms with Crippen LogP contribution in [0.1, 0.15) is 17.3 Å². The van der Waals surface area contributed by atoms with Gasteiger partial charge in [-0.15, -0.1) is 0 Å². The zero-order valence-corrected chi connectivity index (χ0v) is 14.1. The lowest BCUT2D eigenvalue weighted by Crippen LogP contribution is -2.55. The van der Waals surface area contributed by atoms with Gasteiger partial charge in [-0.05, 0) is 31.2 Å². The summed E-state index contributed by atoms with van der Waals surface area (Å²) in [6.45, 7) is 2.23. The van der Waals surface area contributed by atoms with E-state index in [1.165, 1.54) is 23.8 Å². The minimum absolute atomic E-state index is 0.0505. The van der Waals surface area contributed by atoms with Crippen molar-refractivity contribution >= 4 is 29.3 Å². The molecular formula is C17H19N3O5. The zero-order valence-electron chi connectivity index (χ0n) is 14.1. The Labute approximate surface area is 144 Å². The molecular weight excluding hydrogens is 326 g/mol. The van der Waals surface area contributed by atoms with E-state index >= 15 is 0 Å². The Bertz CT molecular complexity index is 730. The maximum Gasteiger partial charge on any atom is 0.332 e. The van der Waals surface area contributed by atoms with Crippen LogP contribution < -0.4 is 4.90 Å². The largest absolute Gasteiger partial charge is 0.375 e. The van der Waals surface area contributed by atoms with Gasteiger partial charge >= 0.3 is 6.03 Å². The third kappa shape index (κ3) is 3.00. The minimum atomic E-state index is -0.686. The SMILES string of the molecule is COCC(=O)N1CCN2C(=O)N(c3ccc(C(C)=O)cc3)C(=O)[C@@H]2C1. The van der Waals surface area contributed by atoms with Crippen LogP contribution in [-0.2, 0) is 14.3 Å². The number of urea groups is 1. The van der Waals surface area contributed by atoms with Crippen molar-refractivity contribution in [2.45, 2.75) is 13.0 Å². The topological polar surface area (TPSA) is 87.2 Å². The van der Waals surface area contributed by atoms with Gasteiger partial charge in [0.25, 0.3) is 5.91 Å². The maximum atomic E-state index is 12.7. The zero-order chi connectivity index (χ0) is 18.1. The summed E-state index contributed by atoms with van der Waals surface area (Å²) in [7, 11) is 1.44. The Balaban J connectivity index is 1.80. The van der Waals surface area contributed by atoms with E-state index in [-0.39, 0.29) is 30.7 Å². The molecule has 2 saturated heterocycles. The normalized spacial score (nSPS) is 20.1. The van der Waals surface area contributed by atoms with Crippen LogP contribution in [0.25, 0.3) is 0 Å². The van der Waals surface area contributed by atoms with E-state index in [1.807, 2.05) is 0 Å². The van der Waals surface area contributed by atoms with Crippen LogP contribution >= 0.6 is 0 Å². The van der Waals surface area contributed by atoms with Gasteiger partial charge in [0.15, 0.2) is 5.78 Å². The van der Waals surface area contributed by atoms with Gasteiger partial charge in [0.1, 0.15) is 12.6 Å². The average molecular weight is 345 g/mol. The Morgan fingerprint density at radius 1 is 1.16 bits per heavy atom. The summed E-state index contributed by atoms with van der Waals surface area (Å²) >= 11 is 0. The number of ether oxygens (including phenoxy) is 1. The van der Waals surface area contributed by atoms with Crippen LogP contribution in [0, 0.1) is 0 Å². The molecule has 2 aliphatic rings. The van der Waals surface area contributed by atoms with E-state index in [0.717, 1.165) is 4.90 Å². The van der Waals surface area contributed by atoms with E-state index < -0.39 is 12.1 Å². The second kappa shape index (κ2) is 6.64. The number of carbonyl (C=O) groups is 4. The molecule has 25 heavy (non-hydrogen) atoms. The van der Waals surface area contributed by atoms with Crippen LogP contribution in [0.3, 0.4) is 0 Å². The molecule has 2 heterocycles. The van der Waals surface area contributed by atoms with E-state index in [1.54, 1.807) is 24.3 Å². The fraction of sp³-hybridized carbons (Fsp3) is 0.412. The first-order valence-electron chi connectivity index (χ1n) is 7.96. The van der Waals surface area contributed by atoms with Crippen molar-refractivity contribution in [2.75, 3.05) is 38.3 Å². The van der Waals surface area contributed by atoms with Crippen molar-refractivity contribution in [3.05, 3.63) is 29.8 Å². The number of anilines is 1. The summed E-state index contributed by atoms with van der Waals surface area (Å²) in [5, 5.41) is 0.